The van der Waals surface area contributed by atoms with Gasteiger partial charge in [0.15, 0.2) is 0 Å². The van der Waals surface area contributed by atoms with Crippen molar-refractivity contribution in [3.63, 3.8) is 0 Å². The molecule has 0 aromatic heterocycles. The normalized spacial score (nSPS) is 28.6. The smallest absolute Gasteiger partial charge is 0.328 e. The maximum Gasteiger partial charge on any atom is 0.328 e. The quantitative estimate of drug-likeness (QED) is 0.500. The number of para-hydroxylation sites is 1. The molecule has 0 spiro atoms. The highest BCUT2D eigenvalue weighted by atomic mass is 16.5. The van der Waals surface area contributed by atoms with Crippen LogP contribution in [-0.2, 0) is 9.53 Å². The van der Waals surface area contributed by atoms with E-state index in [2.05, 4.69) is 10.3 Å². The molecular weight excluding hydrogens is 416 g/mol. The van der Waals surface area contributed by atoms with Crippen molar-refractivity contribution >= 4 is 23.8 Å². The van der Waals surface area contributed by atoms with E-state index in [0.29, 0.717) is 34.6 Å². The summed E-state index contributed by atoms with van der Waals surface area (Å²) in [7, 11) is 1.40. The maximum absolute atomic E-state index is 13.1. The summed E-state index contributed by atoms with van der Waals surface area (Å²) < 4.78 is 5.15. The number of phenolic OH excluding ortho intramolecular Hbond substituents is 1. The number of carbonyl (C=O) groups excluding carboxylic acids is 2. The number of aliphatic imine (C=N–C) groups is 1. The van der Waals surface area contributed by atoms with Crippen molar-refractivity contribution in [3.05, 3.63) is 59.7 Å². The summed E-state index contributed by atoms with van der Waals surface area (Å²) in [5, 5.41) is 12.9. The number of rotatable bonds is 6. The Morgan fingerprint density at radius 3 is 2.21 bits per heavy atom. The summed E-state index contributed by atoms with van der Waals surface area (Å²) in [6.45, 7) is 0. The topological polar surface area (TPSA) is 88.0 Å². The fraction of sp³-hybridized carbons (Fsp3) is 0.444. The molecule has 0 saturated heterocycles. The van der Waals surface area contributed by atoms with Crippen LogP contribution in [0.15, 0.2) is 53.5 Å². The van der Waals surface area contributed by atoms with E-state index in [1.54, 1.807) is 48.7 Å². The summed E-state index contributed by atoms with van der Waals surface area (Å²) in [6.07, 6.45) is 8.39. The zero-order valence-electron chi connectivity index (χ0n) is 18.9. The van der Waals surface area contributed by atoms with E-state index in [1.807, 2.05) is 6.07 Å². The van der Waals surface area contributed by atoms with Gasteiger partial charge in [-0.25, -0.2) is 4.79 Å². The Morgan fingerprint density at radius 1 is 1.03 bits per heavy atom. The van der Waals surface area contributed by atoms with Crippen LogP contribution in [0.1, 0.15) is 54.4 Å². The number of hydrogen-bond donors (Lipinski definition) is 2. The Bertz CT molecular complexity index is 1040. The first-order chi connectivity index (χ1) is 16.0. The zero-order chi connectivity index (χ0) is 23.0. The van der Waals surface area contributed by atoms with Gasteiger partial charge >= 0.3 is 5.97 Å². The van der Waals surface area contributed by atoms with Crippen molar-refractivity contribution in [2.24, 2.45) is 28.2 Å². The number of methoxy groups -OCH3 is 1. The molecule has 172 valence electrons. The third-order valence-electron chi connectivity index (χ3n) is 7.83. The number of nitrogens with zero attached hydrogens (tertiary/aromatic N) is 1. The van der Waals surface area contributed by atoms with Crippen LogP contribution < -0.4 is 5.32 Å². The van der Waals surface area contributed by atoms with Crippen LogP contribution in [0.4, 0.5) is 5.69 Å². The first kappa shape index (κ1) is 21.7. The van der Waals surface area contributed by atoms with Gasteiger partial charge in [0.1, 0.15) is 11.8 Å². The predicted molar refractivity (Wildman–Crippen MR) is 126 cm³/mol. The highest BCUT2D eigenvalue weighted by Gasteiger charge is 2.56. The summed E-state index contributed by atoms with van der Waals surface area (Å²) in [5.41, 5.74) is 1.59. The molecule has 33 heavy (non-hydrogen) atoms. The molecular formula is C27H30N2O4. The first-order valence-electron chi connectivity index (χ1n) is 11.8. The molecule has 2 aromatic rings. The van der Waals surface area contributed by atoms with Crippen LogP contribution in [0.25, 0.3) is 0 Å². The van der Waals surface area contributed by atoms with E-state index in [1.165, 1.54) is 26.4 Å². The zero-order valence-corrected chi connectivity index (χ0v) is 18.9. The summed E-state index contributed by atoms with van der Waals surface area (Å²) in [6, 6.07) is 13.3. The van der Waals surface area contributed by atoms with Crippen molar-refractivity contribution in [2.45, 2.75) is 44.6 Å². The van der Waals surface area contributed by atoms with Gasteiger partial charge in [0.25, 0.3) is 5.91 Å². The highest BCUT2D eigenvalue weighted by molar-refractivity contribution is 5.97. The van der Waals surface area contributed by atoms with E-state index in [0.717, 1.165) is 19.3 Å². The molecule has 0 unspecified atom stereocenters. The molecule has 4 aliphatic rings. The lowest BCUT2D eigenvalue weighted by molar-refractivity contribution is -0.154. The molecule has 0 aliphatic heterocycles. The molecule has 6 rings (SSSR count). The number of ether oxygens (including phenoxy) is 1. The average molecular weight is 447 g/mol. The van der Waals surface area contributed by atoms with Crippen molar-refractivity contribution in [1.82, 2.24) is 5.32 Å². The van der Waals surface area contributed by atoms with Crippen LogP contribution in [0.2, 0.25) is 0 Å². The van der Waals surface area contributed by atoms with Crippen molar-refractivity contribution < 1.29 is 19.4 Å². The number of phenols is 1. The van der Waals surface area contributed by atoms with Crippen molar-refractivity contribution in [2.75, 3.05) is 7.11 Å². The molecule has 6 heteroatoms. The van der Waals surface area contributed by atoms with E-state index in [9.17, 15) is 14.7 Å². The fourth-order valence-electron chi connectivity index (χ4n) is 6.77. The number of carbonyl (C=O) groups is 2. The third-order valence-corrected chi connectivity index (χ3v) is 7.83. The van der Waals surface area contributed by atoms with E-state index >= 15 is 0 Å². The van der Waals surface area contributed by atoms with Crippen molar-refractivity contribution in [1.29, 1.82) is 0 Å². The Kier molecular flexibility index (Phi) is 5.69. The van der Waals surface area contributed by atoms with Gasteiger partial charge in [-0.05, 0) is 92.7 Å². The monoisotopic (exact) mass is 446 g/mol. The molecule has 6 nitrogen and oxygen atoms in total. The fourth-order valence-corrected chi connectivity index (χ4v) is 6.77. The number of nitrogens with one attached hydrogen (secondary N) is 1. The standard InChI is InChI=1S/C27H30N2O4/c1-33-26(32)24(27-13-17-10-18(14-27)12-19(11-17)15-27)29-25(31)20-6-8-22(9-7-20)28-16-21-4-2-3-5-23(21)30/h2-9,16-19,24,30H,10-15H2,1H3,(H,29,31)/t17?,18?,19?,24-,27?/m1/s1. The van der Waals surface area contributed by atoms with Gasteiger partial charge in [-0.15, -0.1) is 0 Å². The van der Waals surface area contributed by atoms with Gasteiger partial charge in [-0.3, -0.25) is 9.79 Å². The number of amides is 1. The lowest BCUT2D eigenvalue weighted by Gasteiger charge is -2.58. The van der Waals surface area contributed by atoms with E-state index < -0.39 is 6.04 Å². The molecule has 4 saturated carbocycles. The van der Waals surface area contributed by atoms with Crippen LogP contribution in [0, 0.1) is 23.2 Å². The van der Waals surface area contributed by atoms with Gasteiger partial charge in [-0.1, -0.05) is 12.1 Å². The van der Waals surface area contributed by atoms with Crippen LogP contribution in [0.5, 0.6) is 5.75 Å². The van der Waals surface area contributed by atoms with Crippen LogP contribution in [0.3, 0.4) is 0 Å². The summed E-state index contributed by atoms with van der Waals surface area (Å²) >= 11 is 0. The first-order valence-corrected chi connectivity index (χ1v) is 11.8. The molecule has 4 bridgehead atoms. The molecule has 0 heterocycles. The second-order valence-corrected chi connectivity index (χ2v) is 10.1. The molecule has 4 aliphatic carbocycles. The number of esters is 1. The minimum Gasteiger partial charge on any atom is -0.507 e. The van der Waals surface area contributed by atoms with Crippen LogP contribution in [-0.4, -0.2) is 36.3 Å². The minimum atomic E-state index is -0.609. The Morgan fingerprint density at radius 2 is 1.64 bits per heavy atom. The highest BCUT2D eigenvalue weighted by Crippen LogP contribution is 2.61. The van der Waals surface area contributed by atoms with Gasteiger partial charge in [0.2, 0.25) is 0 Å². The third kappa shape index (κ3) is 4.26. The largest absolute Gasteiger partial charge is 0.507 e. The SMILES string of the molecule is COC(=O)[C@@H](NC(=O)c1ccc(N=Cc2ccccc2O)cc1)C12CC3CC(CC(C3)C1)C2. The predicted octanol–water partition coefficient (Wildman–Crippen LogP) is 4.63. The second-order valence-electron chi connectivity index (χ2n) is 10.1. The van der Waals surface area contributed by atoms with Crippen molar-refractivity contribution in [3.8, 4) is 5.75 Å². The summed E-state index contributed by atoms with van der Waals surface area (Å²) in [5.74, 6) is 1.56. The maximum atomic E-state index is 13.1. The van der Waals surface area contributed by atoms with Gasteiger partial charge in [-0.2, -0.15) is 0 Å². The lowest BCUT2D eigenvalue weighted by atomic mass is 9.47. The van der Waals surface area contributed by atoms with Gasteiger partial charge in [0.05, 0.1) is 12.8 Å². The molecule has 1 atom stereocenters. The van der Waals surface area contributed by atoms with E-state index in [-0.39, 0.29) is 23.0 Å². The van der Waals surface area contributed by atoms with E-state index in [4.69, 9.17) is 4.74 Å². The average Bonchev–Trinajstić information content (AvgIpc) is 2.81. The second kappa shape index (κ2) is 8.65. The Labute approximate surface area is 194 Å². The molecule has 1 amide bonds. The Balaban J connectivity index is 1.31. The number of hydrogen-bond acceptors (Lipinski definition) is 5. The molecule has 0 radical (unpaired) electrons. The van der Waals surface area contributed by atoms with Gasteiger partial charge < -0.3 is 15.2 Å². The lowest BCUT2D eigenvalue weighted by Crippen LogP contribution is -2.60. The Hall–Kier alpha value is -3.15. The number of aromatic hydroxyl groups is 1. The molecule has 2 N–H and O–H groups in total. The summed E-state index contributed by atoms with van der Waals surface area (Å²) in [4.78, 5) is 30.3. The molecule has 4 fully saturated rings. The molecule has 2 aromatic carbocycles. The van der Waals surface area contributed by atoms with Crippen LogP contribution >= 0.6 is 0 Å². The minimum absolute atomic E-state index is 0.163. The van der Waals surface area contributed by atoms with Gasteiger partial charge in [0, 0.05) is 22.8 Å². The number of benzene rings is 2.